The highest BCUT2D eigenvalue weighted by Crippen LogP contribution is 2.30. The molecule has 0 fully saturated rings. The number of benzene rings is 2. The van der Waals surface area contributed by atoms with Crippen molar-refractivity contribution in [2.24, 2.45) is 0 Å². The Morgan fingerprint density at radius 2 is 1.86 bits per heavy atom. The zero-order valence-electron chi connectivity index (χ0n) is 12.9. The largest absolute Gasteiger partial charge is 0.308 e. The molecule has 0 saturated carbocycles. The van der Waals surface area contributed by atoms with E-state index >= 15 is 0 Å². The van der Waals surface area contributed by atoms with Crippen LogP contribution >= 0.6 is 0 Å². The summed E-state index contributed by atoms with van der Waals surface area (Å²) in [7, 11) is 0. The molecule has 0 radical (unpaired) electrons. The summed E-state index contributed by atoms with van der Waals surface area (Å²) in [6.45, 7) is 4.20. The van der Waals surface area contributed by atoms with Crippen molar-refractivity contribution in [2.45, 2.75) is 26.7 Å². The van der Waals surface area contributed by atoms with Gasteiger partial charge in [-0.05, 0) is 49.9 Å². The molecule has 1 amide bonds. The van der Waals surface area contributed by atoms with Gasteiger partial charge in [-0.3, -0.25) is 9.59 Å². The van der Waals surface area contributed by atoms with Gasteiger partial charge in [0, 0.05) is 23.4 Å². The zero-order valence-corrected chi connectivity index (χ0v) is 12.9. The molecule has 1 aliphatic heterocycles. The van der Waals surface area contributed by atoms with Gasteiger partial charge in [-0.2, -0.15) is 0 Å². The number of carbonyl (C=O) groups excluding carboxylic acids is 2. The van der Waals surface area contributed by atoms with Crippen LogP contribution in [0.3, 0.4) is 0 Å². The third kappa shape index (κ3) is 2.54. The van der Waals surface area contributed by atoms with Crippen LogP contribution in [0, 0.1) is 6.92 Å². The van der Waals surface area contributed by atoms with Crippen LogP contribution < -0.4 is 4.90 Å². The number of fused-ring (bicyclic) bond motifs is 1. The van der Waals surface area contributed by atoms with Gasteiger partial charge in [0.15, 0.2) is 5.78 Å². The highest BCUT2D eigenvalue weighted by atomic mass is 16.2. The number of hydrogen-bond acceptors (Lipinski definition) is 2. The van der Waals surface area contributed by atoms with Crippen molar-refractivity contribution in [3.05, 3.63) is 64.7 Å². The van der Waals surface area contributed by atoms with Crippen LogP contribution in [0.25, 0.3) is 0 Å². The molecule has 0 unspecified atom stereocenters. The molecule has 0 saturated heterocycles. The number of hydrogen-bond donors (Lipinski definition) is 0. The van der Waals surface area contributed by atoms with Gasteiger partial charge in [0.1, 0.15) is 0 Å². The monoisotopic (exact) mass is 293 g/mol. The molecule has 1 heterocycles. The molecule has 2 aromatic rings. The van der Waals surface area contributed by atoms with Crippen LogP contribution in [0.5, 0.6) is 0 Å². The van der Waals surface area contributed by atoms with E-state index in [0.29, 0.717) is 12.1 Å². The van der Waals surface area contributed by atoms with Crippen LogP contribution in [0.1, 0.15) is 45.2 Å². The minimum Gasteiger partial charge on any atom is -0.308 e. The summed E-state index contributed by atoms with van der Waals surface area (Å²) in [6, 6.07) is 13.3. The second-order valence-electron chi connectivity index (χ2n) is 5.77. The Hall–Kier alpha value is -2.42. The summed E-state index contributed by atoms with van der Waals surface area (Å²) in [6.07, 6.45) is 1.90. The lowest BCUT2D eigenvalue weighted by Crippen LogP contribution is -2.36. The Labute approximate surface area is 130 Å². The maximum atomic E-state index is 12.9. The van der Waals surface area contributed by atoms with Gasteiger partial charge in [0.05, 0.1) is 0 Å². The second kappa shape index (κ2) is 5.76. The maximum absolute atomic E-state index is 12.9. The number of nitrogens with zero attached hydrogens (tertiary/aromatic N) is 1. The topological polar surface area (TPSA) is 37.4 Å². The van der Waals surface area contributed by atoms with Crippen LogP contribution in [-0.4, -0.2) is 18.2 Å². The number of rotatable bonds is 2. The van der Waals surface area contributed by atoms with Crippen molar-refractivity contribution in [2.75, 3.05) is 11.4 Å². The van der Waals surface area contributed by atoms with Gasteiger partial charge < -0.3 is 4.90 Å². The molecule has 0 atom stereocenters. The summed E-state index contributed by atoms with van der Waals surface area (Å²) in [5.41, 5.74) is 4.37. The molecule has 112 valence electrons. The van der Waals surface area contributed by atoms with E-state index in [1.165, 1.54) is 0 Å². The molecule has 0 N–H and O–H groups in total. The Morgan fingerprint density at radius 3 is 2.59 bits per heavy atom. The first kappa shape index (κ1) is 14.5. The van der Waals surface area contributed by atoms with Crippen LogP contribution in [0.4, 0.5) is 5.69 Å². The molecule has 0 aliphatic carbocycles. The Balaban J connectivity index is 2.04. The van der Waals surface area contributed by atoms with Gasteiger partial charge >= 0.3 is 0 Å². The average Bonchev–Trinajstić information content (AvgIpc) is 2.53. The van der Waals surface area contributed by atoms with Crippen LogP contribution in [0.2, 0.25) is 0 Å². The van der Waals surface area contributed by atoms with Gasteiger partial charge in [-0.1, -0.05) is 30.3 Å². The lowest BCUT2D eigenvalue weighted by molar-refractivity contribution is 0.0980. The smallest absolute Gasteiger partial charge is 0.258 e. The van der Waals surface area contributed by atoms with Crippen LogP contribution in [-0.2, 0) is 6.42 Å². The first-order valence-electron chi connectivity index (χ1n) is 7.59. The van der Waals surface area contributed by atoms with Crippen molar-refractivity contribution in [1.29, 1.82) is 0 Å². The summed E-state index contributed by atoms with van der Waals surface area (Å²) >= 11 is 0. The molecular weight excluding hydrogens is 274 g/mol. The van der Waals surface area contributed by atoms with Gasteiger partial charge in [-0.15, -0.1) is 0 Å². The van der Waals surface area contributed by atoms with E-state index in [1.807, 2.05) is 54.3 Å². The Morgan fingerprint density at radius 1 is 1.09 bits per heavy atom. The predicted octanol–water partition coefficient (Wildman–Crippen LogP) is 3.79. The first-order valence-corrected chi connectivity index (χ1v) is 7.59. The van der Waals surface area contributed by atoms with E-state index in [0.717, 1.165) is 35.2 Å². The third-order valence-electron chi connectivity index (χ3n) is 4.23. The number of carbonyl (C=O) groups is 2. The molecule has 1 aliphatic rings. The van der Waals surface area contributed by atoms with E-state index in [4.69, 9.17) is 0 Å². The zero-order chi connectivity index (χ0) is 15.7. The highest BCUT2D eigenvalue weighted by Gasteiger charge is 2.25. The normalized spacial score (nSPS) is 13.6. The summed E-state index contributed by atoms with van der Waals surface area (Å²) in [5, 5.41) is 0. The first-order chi connectivity index (χ1) is 10.6. The summed E-state index contributed by atoms with van der Waals surface area (Å²) in [5.74, 6) is 0.0383. The quantitative estimate of drug-likeness (QED) is 0.790. The van der Waals surface area contributed by atoms with Crippen molar-refractivity contribution in [3.63, 3.8) is 0 Å². The lowest BCUT2D eigenvalue weighted by atomic mass is 9.97. The van der Waals surface area contributed by atoms with E-state index < -0.39 is 0 Å². The fourth-order valence-corrected chi connectivity index (χ4v) is 2.96. The second-order valence-corrected chi connectivity index (χ2v) is 5.77. The Kier molecular flexibility index (Phi) is 3.80. The van der Waals surface area contributed by atoms with Gasteiger partial charge in [0.25, 0.3) is 5.91 Å². The van der Waals surface area contributed by atoms with E-state index in [1.54, 1.807) is 6.92 Å². The highest BCUT2D eigenvalue weighted by molar-refractivity contribution is 6.08. The molecule has 3 nitrogen and oxygen atoms in total. The minimum atomic E-state index is 0.0137. The molecule has 2 aromatic carbocycles. The summed E-state index contributed by atoms with van der Waals surface area (Å²) < 4.78 is 0. The van der Waals surface area contributed by atoms with Gasteiger partial charge in [0.2, 0.25) is 0 Å². The number of anilines is 1. The molecule has 0 spiro atoms. The van der Waals surface area contributed by atoms with Crippen molar-refractivity contribution in [1.82, 2.24) is 0 Å². The number of aryl methyl sites for hydroxylation is 2. The molecule has 0 bridgehead atoms. The molecule has 3 rings (SSSR count). The predicted molar refractivity (Wildman–Crippen MR) is 87.6 cm³/mol. The number of ketones is 1. The molecular formula is C19H19NO2. The SMILES string of the molecule is CC(=O)c1ccc2c(c1)N(C(=O)c1ccccc1C)CCC2. The Bertz CT molecular complexity index is 749. The fourth-order valence-electron chi connectivity index (χ4n) is 2.96. The van der Waals surface area contributed by atoms with Gasteiger partial charge in [-0.25, -0.2) is 0 Å². The van der Waals surface area contributed by atoms with E-state index in [9.17, 15) is 9.59 Å². The molecule has 3 heteroatoms. The fraction of sp³-hybridized carbons (Fsp3) is 0.263. The standard InChI is InChI=1S/C19H19NO2/c1-13-6-3-4-8-17(13)19(22)20-11-5-7-15-9-10-16(14(2)21)12-18(15)20/h3-4,6,8-10,12H,5,7,11H2,1-2H3. The average molecular weight is 293 g/mol. The lowest BCUT2D eigenvalue weighted by Gasteiger charge is -2.30. The van der Waals surface area contributed by atoms with Crippen molar-refractivity contribution in [3.8, 4) is 0 Å². The molecule has 22 heavy (non-hydrogen) atoms. The molecule has 0 aromatic heterocycles. The number of Topliss-reactive ketones (excluding diaryl/α,β-unsaturated/α-hetero) is 1. The van der Waals surface area contributed by atoms with Crippen LogP contribution in [0.15, 0.2) is 42.5 Å². The maximum Gasteiger partial charge on any atom is 0.258 e. The minimum absolute atomic E-state index is 0.0137. The van der Waals surface area contributed by atoms with Crippen molar-refractivity contribution < 1.29 is 9.59 Å². The van der Waals surface area contributed by atoms with Crippen molar-refractivity contribution >= 4 is 17.4 Å². The summed E-state index contributed by atoms with van der Waals surface area (Å²) in [4.78, 5) is 26.3. The third-order valence-corrected chi connectivity index (χ3v) is 4.23. The van der Waals surface area contributed by atoms with E-state index in [-0.39, 0.29) is 11.7 Å². The number of amides is 1. The van der Waals surface area contributed by atoms with E-state index in [2.05, 4.69) is 0 Å².